The van der Waals surface area contributed by atoms with Gasteiger partial charge in [0, 0.05) is 13.2 Å². The molecule has 4 aromatic rings. The van der Waals surface area contributed by atoms with Crippen molar-refractivity contribution in [1.29, 1.82) is 0 Å². The molecule has 0 aliphatic heterocycles. The van der Waals surface area contributed by atoms with Gasteiger partial charge in [-0.25, -0.2) is 13.1 Å². The van der Waals surface area contributed by atoms with Gasteiger partial charge in [-0.2, -0.15) is 11.3 Å². The second-order valence-corrected chi connectivity index (χ2v) is 9.81. The average Bonchev–Trinajstić information content (AvgIpc) is 3.30. The Morgan fingerprint density at radius 3 is 2.79 bits per heavy atom. The first-order valence-corrected chi connectivity index (χ1v) is 11.7. The first-order valence-electron chi connectivity index (χ1n) is 8.48. The van der Waals surface area contributed by atoms with Crippen molar-refractivity contribution in [2.75, 3.05) is 0 Å². The fourth-order valence-corrected chi connectivity index (χ4v) is 5.88. The van der Waals surface area contributed by atoms with Crippen LogP contribution >= 0.6 is 22.7 Å². The summed E-state index contributed by atoms with van der Waals surface area (Å²) in [6, 6.07) is 11.7. The smallest absolute Gasteiger partial charge is 0.302 e. The maximum absolute atomic E-state index is 13.1. The monoisotopic (exact) mass is 431 g/mol. The van der Waals surface area contributed by atoms with Crippen molar-refractivity contribution in [3.63, 3.8) is 0 Å². The first kappa shape index (κ1) is 19.0. The van der Waals surface area contributed by atoms with E-state index in [1.807, 2.05) is 29.0 Å². The Morgan fingerprint density at radius 2 is 2.07 bits per heavy atom. The second kappa shape index (κ2) is 7.59. The number of nitrogens with zero attached hydrogens (tertiary/aromatic N) is 2. The molecule has 1 aromatic carbocycles. The van der Waals surface area contributed by atoms with Crippen molar-refractivity contribution in [3.8, 4) is 0 Å². The molecule has 0 saturated heterocycles. The van der Waals surface area contributed by atoms with Crippen LogP contribution < -0.4 is 9.60 Å². The number of nitrogens with one attached hydrogen (secondary N) is 1. The number of fused-ring (bicyclic) bond motifs is 1. The Labute approximate surface area is 170 Å². The van der Waals surface area contributed by atoms with E-state index in [2.05, 4.69) is 9.71 Å². The largest absolute Gasteiger partial charge is 0.307 e. The zero-order valence-corrected chi connectivity index (χ0v) is 17.4. The molecule has 0 radical (unpaired) electrons. The van der Waals surface area contributed by atoms with Gasteiger partial charge in [-0.05, 0) is 59.1 Å². The van der Waals surface area contributed by atoms with E-state index in [0.717, 1.165) is 16.9 Å². The van der Waals surface area contributed by atoms with Crippen LogP contribution in [-0.2, 0) is 23.5 Å². The van der Waals surface area contributed by atoms with Crippen LogP contribution in [0.5, 0.6) is 0 Å². The lowest BCUT2D eigenvalue weighted by molar-refractivity contribution is 0.550. The van der Waals surface area contributed by atoms with Gasteiger partial charge in [-0.15, -0.1) is 0 Å². The minimum atomic E-state index is -3.80. The van der Waals surface area contributed by atoms with E-state index in [9.17, 15) is 13.2 Å². The molecule has 28 heavy (non-hydrogen) atoms. The maximum Gasteiger partial charge on any atom is 0.307 e. The summed E-state index contributed by atoms with van der Waals surface area (Å²) in [6.45, 7) is 0. The molecule has 144 valence electrons. The second-order valence-electron chi connectivity index (χ2n) is 6.32. The van der Waals surface area contributed by atoms with Gasteiger partial charge in [0.05, 0.1) is 26.8 Å². The number of thiophene rings is 1. The fraction of sp³-hybridized carbons (Fsp3) is 0.158. The van der Waals surface area contributed by atoms with E-state index in [4.69, 9.17) is 0 Å². The maximum atomic E-state index is 13.1. The van der Waals surface area contributed by atoms with Crippen molar-refractivity contribution in [3.05, 3.63) is 80.3 Å². The number of sulfonamides is 1. The van der Waals surface area contributed by atoms with Gasteiger partial charge >= 0.3 is 4.87 Å². The molecule has 0 aliphatic carbocycles. The fourth-order valence-electron chi connectivity index (χ4n) is 2.97. The molecule has 0 bridgehead atoms. The third-order valence-corrected chi connectivity index (χ3v) is 7.63. The van der Waals surface area contributed by atoms with Crippen LogP contribution in [0.15, 0.2) is 69.1 Å². The number of hydrogen-bond acceptors (Lipinski definition) is 6. The highest BCUT2D eigenvalue weighted by Crippen LogP contribution is 2.24. The SMILES string of the molecule is Cn1c(=O)sc2cc(S(=O)(=O)NC(Cc3ccsc3)c3ccccn3)ccc21. The van der Waals surface area contributed by atoms with Gasteiger partial charge in [0.2, 0.25) is 10.0 Å². The predicted octanol–water partition coefficient (Wildman–Crippen LogP) is 3.32. The number of hydrogen-bond donors (Lipinski definition) is 1. The highest BCUT2D eigenvalue weighted by molar-refractivity contribution is 7.89. The summed E-state index contributed by atoms with van der Waals surface area (Å²) in [4.78, 5) is 16.2. The molecule has 4 rings (SSSR count). The number of pyridine rings is 1. The van der Waals surface area contributed by atoms with Gasteiger partial charge in [-0.3, -0.25) is 9.78 Å². The molecular formula is C19H17N3O3S3. The molecule has 0 fully saturated rings. The highest BCUT2D eigenvalue weighted by Gasteiger charge is 2.23. The van der Waals surface area contributed by atoms with E-state index in [1.165, 1.54) is 10.6 Å². The Bertz CT molecular complexity index is 1260. The lowest BCUT2D eigenvalue weighted by Gasteiger charge is -2.18. The molecule has 0 amide bonds. The topological polar surface area (TPSA) is 81.1 Å². The zero-order valence-electron chi connectivity index (χ0n) is 14.9. The van der Waals surface area contributed by atoms with Crippen molar-refractivity contribution in [2.24, 2.45) is 7.05 Å². The van der Waals surface area contributed by atoms with Gasteiger partial charge < -0.3 is 4.57 Å². The molecule has 1 atom stereocenters. The van der Waals surface area contributed by atoms with Crippen LogP contribution in [0.1, 0.15) is 17.3 Å². The van der Waals surface area contributed by atoms with E-state index in [0.29, 0.717) is 22.3 Å². The van der Waals surface area contributed by atoms with Gasteiger partial charge in [0.1, 0.15) is 0 Å². The zero-order chi connectivity index (χ0) is 19.7. The normalized spacial score (nSPS) is 13.0. The molecule has 0 spiro atoms. The van der Waals surface area contributed by atoms with E-state index >= 15 is 0 Å². The van der Waals surface area contributed by atoms with Crippen molar-refractivity contribution >= 4 is 42.9 Å². The molecule has 1 unspecified atom stereocenters. The molecule has 9 heteroatoms. The van der Waals surface area contributed by atoms with Crippen LogP contribution in [0.25, 0.3) is 10.2 Å². The Balaban J connectivity index is 1.69. The Hall–Kier alpha value is -2.33. The average molecular weight is 432 g/mol. The molecule has 0 aliphatic rings. The summed E-state index contributed by atoms with van der Waals surface area (Å²) in [5.74, 6) is 0. The summed E-state index contributed by atoms with van der Waals surface area (Å²) in [7, 11) is -2.12. The van der Waals surface area contributed by atoms with Gasteiger partial charge in [0.15, 0.2) is 0 Å². The van der Waals surface area contributed by atoms with E-state index in [1.54, 1.807) is 42.8 Å². The van der Waals surface area contributed by atoms with E-state index in [-0.39, 0.29) is 9.77 Å². The summed E-state index contributed by atoms with van der Waals surface area (Å²) < 4.78 is 31.1. The number of thiazole rings is 1. The minimum Gasteiger partial charge on any atom is -0.302 e. The molecular weight excluding hydrogens is 414 g/mol. The predicted molar refractivity (Wildman–Crippen MR) is 112 cm³/mol. The molecule has 0 saturated carbocycles. The Kier molecular flexibility index (Phi) is 5.15. The number of rotatable bonds is 6. The quantitative estimate of drug-likeness (QED) is 0.508. The van der Waals surface area contributed by atoms with Crippen molar-refractivity contribution in [2.45, 2.75) is 17.4 Å². The third-order valence-electron chi connectivity index (χ3n) is 4.44. The lowest BCUT2D eigenvalue weighted by atomic mass is 10.1. The molecule has 3 heterocycles. The lowest BCUT2D eigenvalue weighted by Crippen LogP contribution is -2.30. The van der Waals surface area contributed by atoms with Crippen molar-refractivity contribution < 1.29 is 8.42 Å². The molecule has 6 nitrogen and oxygen atoms in total. The van der Waals surface area contributed by atoms with Gasteiger partial charge in [-0.1, -0.05) is 17.4 Å². The van der Waals surface area contributed by atoms with Crippen LogP contribution in [0.4, 0.5) is 0 Å². The van der Waals surface area contributed by atoms with Crippen LogP contribution in [-0.4, -0.2) is 18.0 Å². The van der Waals surface area contributed by atoms with E-state index < -0.39 is 16.1 Å². The number of aromatic nitrogens is 2. The van der Waals surface area contributed by atoms with Crippen molar-refractivity contribution in [1.82, 2.24) is 14.3 Å². The first-order chi connectivity index (χ1) is 13.4. The van der Waals surface area contributed by atoms with Crippen LogP contribution in [0.2, 0.25) is 0 Å². The van der Waals surface area contributed by atoms with Gasteiger partial charge in [0.25, 0.3) is 0 Å². The highest BCUT2D eigenvalue weighted by atomic mass is 32.2. The standard InChI is InChI=1S/C19H17N3O3S3/c1-22-17-6-5-14(11-18(17)27-19(22)23)28(24,25)21-16(10-13-7-9-26-12-13)15-4-2-3-8-20-15/h2-9,11-12,16,21H,10H2,1H3. The molecule has 1 N–H and O–H groups in total. The summed E-state index contributed by atoms with van der Waals surface area (Å²) in [6.07, 6.45) is 2.15. The summed E-state index contributed by atoms with van der Waals surface area (Å²) in [5.41, 5.74) is 2.41. The molecule has 3 aromatic heterocycles. The van der Waals surface area contributed by atoms with Crippen LogP contribution in [0.3, 0.4) is 0 Å². The minimum absolute atomic E-state index is 0.124. The van der Waals surface area contributed by atoms with Crippen LogP contribution in [0, 0.1) is 0 Å². The number of benzene rings is 1. The number of aryl methyl sites for hydroxylation is 1. The summed E-state index contributed by atoms with van der Waals surface area (Å²) >= 11 is 2.60. The summed E-state index contributed by atoms with van der Waals surface area (Å²) in [5, 5.41) is 3.96. The Morgan fingerprint density at radius 1 is 1.21 bits per heavy atom. The third kappa shape index (κ3) is 3.79.